The summed E-state index contributed by atoms with van der Waals surface area (Å²) in [5.41, 5.74) is 1.05. The summed E-state index contributed by atoms with van der Waals surface area (Å²) in [7, 11) is 0. The van der Waals surface area contributed by atoms with Crippen LogP contribution in [0.2, 0.25) is 0 Å². The molecule has 0 aliphatic carbocycles. The lowest BCUT2D eigenvalue weighted by molar-refractivity contribution is -0.216. The van der Waals surface area contributed by atoms with Gasteiger partial charge >= 0.3 is 0 Å². The molecule has 23 heavy (non-hydrogen) atoms. The summed E-state index contributed by atoms with van der Waals surface area (Å²) in [6.07, 6.45) is 8.73. The standard InChI is InChI=1S/C20H34O3/c1-14(2)16-8-6-15(3)7-9-17-20(5,22)13-11-18(23-17)19(4,21)12-10-16/h6,8,14,17-18,21-22H,7,9-13H2,1-5H3/b15-6+,16-8+/t17-,18+,19+,20-/m0/s1. The van der Waals surface area contributed by atoms with Crippen LogP contribution in [0.3, 0.4) is 0 Å². The maximum absolute atomic E-state index is 10.9. The third-order valence-corrected chi connectivity index (χ3v) is 5.67. The van der Waals surface area contributed by atoms with Gasteiger partial charge in [-0.1, -0.05) is 37.1 Å². The van der Waals surface area contributed by atoms with Crippen molar-refractivity contribution < 1.29 is 14.9 Å². The Hall–Kier alpha value is -0.640. The van der Waals surface area contributed by atoms with Crippen LogP contribution in [0.4, 0.5) is 0 Å². The van der Waals surface area contributed by atoms with Crippen molar-refractivity contribution in [1.82, 2.24) is 0 Å². The zero-order valence-corrected chi connectivity index (χ0v) is 15.4. The molecule has 0 aromatic heterocycles. The molecule has 2 N–H and O–H groups in total. The van der Waals surface area contributed by atoms with Gasteiger partial charge in [0.25, 0.3) is 0 Å². The van der Waals surface area contributed by atoms with E-state index in [0.717, 1.165) is 19.3 Å². The Morgan fingerprint density at radius 1 is 1.00 bits per heavy atom. The van der Waals surface area contributed by atoms with E-state index in [9.17, 15) is 10.2 Å². The molecular weight excluding hydrogens is 288 g/mol. The minimum Gasteiger partial charge on any atom is -0.387 e. The average molecular weight is 322 g/mol. The fourth-order valence-corrected chi connectivity index (χ4v) is 3.65. The molecule has 0 spiro atoms. The smallest absolute Gasteiger partial charge is 0.0883 e. The predicted octanol–water partition coefficient (Wildman–Crippen LogP) is 4.14. The zero-order chi connectivity index (χ0) is 17.3. The fraction of sp³-hybridized carbons (Fsp3) is 0.800. The summed E-state index contributed by atoms with van der Waals surface area (Å²) in [6, 6.07) is 0. The minimum absolute atomic E-state index is 0.190. The SMILES string of the molecule is C/C1=C\C=C(\C(C)C)CC[C@@](C)(O)[C@H]2CC[C@](C)(O)[C@H](CC1)O2. The maximum Gasteiger partial charge on any atom is 0.0883 e. The highest BCUT2D eigenvalue weighted by molar-refractivity contribution is 5.19. The second-order valence-electron chi connectivity index (χ2n) is 8.31. The number of rotatable bonds is 1. The lowest BCUT2D eigenvalue weighted by Crippen LogP contribution is -2.54. The molecule has 0 amide bonds. The van der Waals surface area contributed by atoms with Crippen molar-refractivity contribution in [3.8, 4) is 0 Å². The summed E-state index contributed by atoms with van der Waals surface area (Å²) in [4.78, 5) is 0. The lowest BCUT2D eigenvalue weighted by Gasteiger charge is -2.46. The van der Waals surface area contributed by atoms with Crippen molar-refractivity contribution in [1.29, 1.82) is 0 Å². The summed E-state index contributed by atoms with van der Waals surface area (Å²) in [5.74, 6) is 0.485. The summed E-state index contributed by atoms with van der Waals surface area (Å²) < 4.78 is 6.19. The molecule has 0 unspecified atom stereocenters. The van der Waals surface area contributed by atoms with E-state index >= 15 is 0 Å². The molecule has 1 saturated heterocycles. The average Bonchev–Trinajstić information content (AvgIpc) is 2.43. The van der Waals surface area contributed by atoms with Gasteiger partial charge in [0.1, 0.15) is 0 Å². The van der Waals surface area contributed by atoms with E-state index in [1.807, 2.05) is 13.8 Å². The highest BCUT2D eigenvalue weighted by atomic mass is 16.5. The van der Waals surface area contributed by atoms with Crippen LogP contribution in [0, 0.1) is 5.92 Å². The Morgan fingerprint density at radius 3 is 2.26 bits per heavy atom. The molecule has 2 rings (SSSR count). The van der Waals surface area contributed by atoms with Crippen LogP contribution in [0.1, 0.15) is 73.1 Å². The van der Waals surface area contributed by atoms with Gasteiger partial charge in [-0.2, -0.15) is 0 Å². The molecule has 3 heteroatoms. The number of hydrogen-bond acceptors (Lipinski definition) is 3. The monoisotopic (exact) mass is 322 g/mol. The van der Waals surface area contributed by atoms with Crippen molar-refractivity contribution >= 4 is 0 Å². The molecule has 132 valence electrons. The predicted molar refractivity (Wildman–Crippen MR) is 94.3 cm³/mol. The Kier molecular flexibility index (Phi) is 5.76. The molecular formula is C20H34O3. The van der Waals surface area contributed by atoms with E-state index in [1.165, 1.54) is 11.1 Å². The van der Waals surface area contributed by atoms with Gasteiger partial charge in [0.15, 0.2) is 0 Å². The van der Waals surface area contributed by atoms with E-state index in [0.29, 0.717) is 25.2 Å². The fourth-order valence-electron chi connectivity index (χ4n) is 3.65. The number of ether oxygens (including phenoxy) is 1. The highest BCUT2D eigenvalue weighted by Crippen LogP contribution is 2.38. The lowest BCUT2D eigenvalue weighted by atomic mass is 9.79. The van der Waals surface area contributed by atoms with Gasteiger partial charge in [-0.05, 0) is 65.2 Å². The minimum atomic E-state index is -0.847. The van der Waals surface area contributed by atoms with Crippen LogP contribution in [-0.2, 0) is 4.74 Å². The van der Waals surface area contributed by atoms with Crippen molar-refractivity contribution in [2.75, 3.05) is 0 Å². The van der Waals surface area contributed by atoms with Gasteiger partial charge in [-0.3, -0.25) is 0 Å². The van der Waals surface area contributed by atoms with Crippen LogP contribution >= 0.6 is 0 Å². The number of allylic oxidation sites excluding steroid dienone is 4. The van der Waals surface area contributed by atoms with E-state index in [4.69, 9.17) is 4.74 Å². The molecule has 0 radical (unpaired) electrons. The zero-order valence-electron chi connectivity index (χ0n) is 15.4. The summed E-state index contributed by atoms with van der Waals surface area (Å²) >= 11 is 0. The molecule has 0 aromatic carbocycles. The second kappa shape index (κ2) is 7.08. The van der Waals surface area contributed by atoms with Gasteiger partial charge in [-0.15, -0.1) is 0 Å². The molecule has 2 bridgehead atoms. The van der Waals surface area contributed by atoms with E-state index < -0.39 is 11.2 Å². The first-order valence-corrected chi connectivity index (χ1v) is 9.08. The van der Waals surface area contributed by atoms with Crippen LogP contribution in [0.15, 0.2) is 23.3 Å². The Balaban J connectivity index is 2.28. The molecule has 2 heterocycles. The first-order chi connectivity index (χ1) is 10.6. The molecule has 1 fully saturated rings. The number of fused-ring (bicyclic) bond motifs is 2. The summed E-state index contributed by atoms with van der Waals surface area (Å²) in [6.45, 7) is 10.3. The summed E-state index contributed by atoms with van der Waals surface area (Å²) in [5, 5.41) is 21.6. The molecule has 0 saturated carbocycles. The van der Waals surface area contributed by atoms with Crippen LogP contribution in [-0.4, -0.2) is 33.6 Å². The van der Waals surface area contributed by atoms with Gasteiger partial charge in [0.2, 0.25) is 0 Å². The van der Waals surface area contributed by atoms with Gasteiger partial charge in [-0.25, -0.2) is 0 Å². The molecule has 2 aliphatic heterocycles. The first kappa shape index (κ1) is 18.7. The Labute approximate surface area is 141 Å². The van der Waals surface area contributed by atoms with Crippen LogP contribution < -0.4 is 0 Å². The number of aliphatic hydroxyl groups is 2. The second-order valence-corrected chi connectivity index (χ2v) is 8.31. The van der Waals surface area contributed by atoms with Crippen molar-refractivity contribution in [3.05, 3.63) is 23.3 Å². The largest absolute Gasteiger partial charge is 0.387 e. The van der Waals surface area contributed by atoms with Crippen LogP contribution in [0.5, 0.6) is 0 Å². The van der Waals surface area contributed by atoms with E-state index in [-0.39, 0.29) is 12.2 Å². The molecule has 0 aromatic rings. The molecule has 3 nitrogen and oxygen atoms in total. The molecule has 4 atom stereocenters. The number of hydrogen-bond donors (Lipinski definition) is 2. The van der Waals surface area contributed by atoms with E-state index in [2.05, 4.69) is 32.9 Å². The van der Waals surface area contributed by atoms with Gasteiger partial charge < -0.3 is 14.9 Å². The van der Waals surface area contributed by atoms with Crippen molar-refractivity contribution in [3.63, 3.8) is 0 Å². The maximum atomic E-state index is 10.9. The van der Waals surface area contributed by atoms with E-state index in [1.54, 1.807) is 0 Å². The van der Waals surface area contributed by atoms with Crippen molar-refractivity contribution in [2.24, 2.45) is 5.92 Å². The third-order valence-electron chi connectivity index (χ3n) is 5.67. The topological polar surface area (TPSA) is 49.7 Å². The van der Waals surface area contributed by atoms with Gasteiger partial charge in [0.05, 0.1) is 23.4 Å². The third kappa shape index (κ3) is 4.68. The van der Waals surface area contributed by atoms with Crippen LogP contribution in [0.25, 0.3) is 0 Å². The first-order valence-electron chi connectivity index (χ1n) is 9.08. The van der Waals surface area contributed by atoms with Crippen molar-refractivity contribution in [2.45, 2.75) is 96.6 Å². The molecule has 2 aliphatic rings. The van der Waals surface area contributed by atoms with Gasteiger partial charge in [0, 0.05) is 0 Å². The highest BCUT2D eigenvalue weighted by Gasteiger charge is 2.44. The normalized spacial score (nSPS) is 44.5. The Bertz CT molecular complexity index is 471. The Morgan fingerprint density at radius 2 is 1.61 bits per heavy atom. The quantitative estimate of drug-likeness (QED) is 0.763.